The second kappa shape index (κ2) is 9.34. The highest BCUT2D eigenvalue weighted by molar-refractivity contribution is 7.80. The smallest absolute Gasteiger partial charge is 0.257 e. The van der Waals surface area contributed by atoms with Gasteiger partial charge >= 0.3 is 0 Å². The number of hydrogen-bond donors (Lipinski definition) is 2. The monoisotopic (exact) mass is 370 g/mol. The second-order valence-electron chi connectivity index (χ2n) is 6.50. The molecule has 0 saturated heterocycles. The van der Waals surface area contributed by atoms with E-state index in [9.17, 15) is 4.79 Å². The minimum Gasteiger partial charge on any atom is -0.491 e. The van der Waals surface area contributed by atoms with Gasteiger partial charge in [0.15, 0.2) is 5.11 Å². The van der Waals surface area contributed by atoms with Crippen molar-refractivity contribution < 1.29 is 9.53 Å². The summed E-state index contributed by atoms with van der Waals surface area (Å²) in [4.78, 5) is 12.5. The fourth-order valence-electron chi connectivity index (χ4n) is 2.57. The zero-order valence-corrected chi connectivity index (χ0v) is 16.5. The lowest BCUT2D eigenvalue weighted by atomic mass is 9.97. The van der Waals surface area contributed by atoms with Crippen LogP contribution in [0.25, 0.3) is 0 Å². The Hall–Kier alpha value is -2.40. The summed E-state index contributed by atoms with van der Waals surface area (Å²) in [6.07, 6.45) is 1.08. The Kier molecular flexibility index (Phi) is 7.16. The van der Waals surface area contributed by atoms with Crippen molar-refractivity contribution in [2.75, 3.05) is 5.32 Å². The Bertz CT molecular complexity index is 774. The van der Waals surface area contributed by atoms with E-state index in [1.54, 1.807) is 18.2 Å². The molecule has 1 atom stereocenters. The van der Waals surface area contributed by atoms with Crippen LogP contribution in [0.15, 0.2) is 48.5 Å². The number of para-hydroxylation sites is 1. The maximum Gasteiger partial charge on any atom is 0.257 e. The van der Waals surface area contributed by atoms with Crippen molar-refractivity contribution in [2.45, 2.75) is 46.1 Å². The van der Waals surface area contributed by atoms with Crippen LogP contribution in [0.5, 0.6) is 5.75 Å². The summed E-state index contributed by atoms with van der Waals surface area (Å²) in [5.74, 6) is 0.799. The van der Waals surface area contributed by atoms with Gasteiger partial charge in [0.1, 0.15) is 5.75 Å². The molecule has 2 aromatic carbocycles. The minimum absolute atomic E-state index is 0.0492. The van der Waals surface area contributed by atoms with Crippen molar-refractivity contribution in [3.63, 3.8) is 0 Å². The van der Waals surface area contributed by atoms with Crippen molar-refractivity contribution >= 4 is 28.9 Å². The third-order valence-electron chi connectivity index (χ3n) is 4.05. The highest BCUT2D eigenvalue weighted by Gasteiger charge is 2.12. The highest BCUT2D eigenvalue weighted by Crippen LogP contribution is 2.26. The quantitative estimate of drug-likeness (QED) is 0.694. The van der Waals surface area contributed by atoms with E-state index in [0.29, 0.717) is 17.2 Å². The van der Waals surface area contributed by atoms with Crippen LogP contribution in [-0.2, 0) is 0 Å². The van der Waals surface area contributed by atoms with Crippen LogP contribution in [0.3, 0.4) is 0 Å². The molecule has 1 amide bonds. The Morgan fingerprint density at radius 2 is 1.85 bits per heavy atom. The van der Waals surface area contributed by atoms with Crippen molar-refractivity contribution in [1.29, 1.82) is 0 Å². The molecule has 138 valence electrons. The molecule has 0 aliphatic carbocycles. The summed E-state index contributed by atoms with van der Waals surface area (Å²) >= 11 is 5.32. The normalized spacial score (nSPS) is 11.7. The molecule has 0 unspecified atom stereocenters. The van der Waals surface area contributed by atoms with E-state index in [4.69, 9.17) is 17.0 Å². The van der Waals surface area contributed by atoms with Gasteiger partial charge in [-0.25, -0.2) is 0 Å². The topological polar surface area (TPSA) is 50.4 Å². The first-order valence-corrected chi connectivity index (χ1v) is 9.29. The standard InChI is InChI=1S/C21H26N2O2S/c1-5-15(4)18-11-6-7-12-19(18)22-21(26)23-20(24)16-9-8-10-17(13-16)25-14(2)3/h6-15H,5H2,1-4H3,(H2,22,23,24,26)/t15-/m1/s1. The maximum absolute atomic E-state index is 12.5. The number of amides is 1. The van der Waals surface area contributed by atoms with Crippen LogP contribution < -0.4 is 15.4 Å². The summed E-state index contributed by atoms with van der Waals surface area (Å²) in [6, 6.07) is 15.1. The molecule has 0 heterocycles. The second-order valence-corrected chi connectivity index (χ2v) is 6.91. The molecule has 4 nitrogen and oxygen atoms in total. The summed E-state index contributed by atoms with van der Waals surface area (Å²) in [7, 11) is 0. The lowest BCUT2D eigenvalue weighted by Crippen LogP contribution is -2.34. The minimum atomic E-state index is -0.266. The van der Waals surface area contributed by atoms with Gasteiger partial charge in [0.25, 0.3) is 5.91 Å². The zero-order valence-electron chi connectivity index (χ0n) is 15.7. The number of benzene rings is 2. The van der Waals surface area contributed by atoms with Crippen molar-refractivity contribution in [1.82, 2.24) is 5.32 Å². The summed E-state index contributed by atoms with van der Waals surface area (Å²) in [5, 5.41) is 6.16. The van der Waals surface area contributed by atoms with Gasteiger partial charge in [0.2, 0.25) is 0 Å². The molecule has 2 N–H and O–H groups in total. The van der Waals surface area contributed by atoms with Gasteiger partial charge in [-0.05, 0) is 68.2 Å². The molecular weight excluding hydrogens is 344 g/mol. The lowest BCUT2D eigenvalue weighted by Gasteiger charge is -2.17. The van der Waals surface area contributed by atoms with Crippen LogP contribution in [-0.4, -0.2) is 17.1 Å². The maximum atomic E-state index is 12.5. The van der Waals surface area contributed by atoms with E-state index in [1.165, 1.54) is 5.56 Å². The van der Waals surface area contributed by atoms with Gasteiger partial charge in [-0.15, -0.1) is 0 Å². The number of anilines is 1. The fraction of sp³-hybridized carbons (Fsp3) is 0.333. The molecule has 2 rings (SSSR count). The number of carbonyl (C=O) groups excluding carboxylic acids is 1. The molecule has 5 heteroatoms. The van der Waals surface area contributed by atoms with Crippen LogP contribution in [0.4, 0.5) is 5.69 Å². The molecule has 26 heavy (non-hydrogen) atoms. The van der Waals surface area contributed by atoms with Crippen LogP contribution in [0.2, 0.25) is 0 Å². The van der Waals surface area contributed by atoms with E-state index >= 15 is 0 Å². The SMILES string of the molecule is CC[C@@H](C)c1ccccc1NC(=S)NC(=O)c1cccc(OC(C)C)c1. The van der Waals surface area contributed by atoms with Gasteiger partial charge in [0, 0.05) is 11.3 Å². The zero-order chi connectivity index (χ0) is 19.1. The van der Waals surface area contributed by atoms with E-state index in [-0.39, 0.29) is 17.1 Å². The first kappa shape index (κ1) is 19.9. The number of carbonyl (C=O) groups is 1. The predicted molar refractivity (Wildman–Crippen MR) is 111 cm³/mol. The number of rotatable bonds is 6. The van der Waals surface area contributed by atoms with E-state index < -0.39 is 0 Å². The summed E-state index contributed by atoms with van der Waals surface area (Å²) in [6.45, 7) is 8.21. The third-order valence-corrected chi connectivity index (χ3v) is 4.25. The largest absolute Gasteiger partial charge is 0.491 e. The summed E-state index contributed by atoms with van der Waals surface area (Å²) in [5.41, 5.74) is 2.60. The van der Waals surface area contributed by atoms with Gasteiger partial charge in [-0.3, -0.25) is 10.1 Å². The van der Waals surface area contributed by atoms with Crippen molar-refractivity contribution in [3.05, 3.63) is 59.7 Å². The molecule has 0 spiro atoms. The molecular formula is C21H26N2O2S. The molecule has 0 aromatic heterocycles. The van der Waals surface area contributed by atoms with E-state index in [0.717, 1.165) is 12.1 Å². The highest BCUT2D eigenvalue weighted by atomic mass is 32.1. The Morgan fingerprint density at radius 1 is 1.12 bits per heavy atom. The average molecular weight is 371 g/mol. The van der Waals surface area contributed by atoms with Crippen molar-refractivity contribution in [2.24, 2.45) is 0 Å². The Balaban J connectivity index is 2.05. The molecule has 0 aliphatic heterocycles. The Morgan fingerprint density at radius 3 is 2.54 bits per heavy atom. The molecule has 2 aromatic rings. The number of ether oxygens (including phenoxy) is 1. The molecule has 0 saturated carbocycles. The number of thiocarbonyl (C=S) groups is 1. The van der Waals surface area contributed by atoms with E-state index in [1.807, 2.05) is 38.1 Å². The number of hydrogen-bond acceptors (Lipinski definition) is 3. The first-order valence-electron chi connectivity index (χ1n) is 8.88. The Labute approximate surface area is 161 Å². The average Bonchev–Trinajstić information content (AvgIpc) is 2.61. The molecule has 0 aliphatic rings. The van der Waals surface area contributed by atoms with Crippen LogP contribution in [0, 0.1) is 0 Å². The lowest BCUT2D eigenvalue weighted by molar-refractivity contribution is 0.0977. The van der Waals surface area contributed by atoms with Gasteiger partial charge in [-0.2, -0.15) is 0 Å². The first-order chi connectivity index (χ1) is 12.4. The van der Waals surface area contributed by atoms with Crippen LogP contribution >= 0.6 is 12.2 Å². The van der Waals surface area contributed by atoms with E-state index in [2.05, 4.69) is 30.5 Å². The van der Waals surface area contributed by atoms with Crippen LogP contribution in [0.1, 0.15) is 56.0 Å². The van der Waals surface area contributed by atoms with Gasteiger partial charge in [-0.1, -0.05) is 38.1 Å². The van der Waals surface area contributed by atoms with Crippen molar-refractivity contribution in [3.8, 4) is 5.75 Å². The fourth-order valence-corrected chi connectivity index (χ4v) is 2.77. The number of nitrogens with one attached hydrogen (secondary N) is 2. The molecule has 0 fully saturated rings. The predicted octanol–water partition coefficient (Wildman–Crippen LogP) is 5.11. The molecule has 0 bridgehead atoms. The molecule has 0 radical (unpaired) electrons. The van der Waals surface area contributed by atoms with Gasteiger partial charge < -0.3 is 10.1 Å². The third kappa shape index (κ3) is 5.56. The summed E-state index contributed by atoms with van der Waals surface area (Å²) < 4.78 is 5.63. The van der Waals surface area contributed by atoms with Gasteiger partial charge in [0.05, 0.1) is 6.10 Å².